The maximum atomic E-state index is 13.1. The van der Waals surface area contributed by atoms with Gasteiger partial charge < -0.3 is 9.47 Å². The van der Waals surface area contributed by atoms with Gasteiger partial charge >= 0.3 is 11.9 Å². The molecule has 0 radical (unpaired) electrons. The first kappa shape index (κ1) is 18.0. The fourth-order valence-corrected chi connectivity index (χ4v) is 4.95. The van der Waals surface area contributed by atoms with E-state index in [1.54, 1.807) is 0 Å². The molecule has 2 aliphatic carbocycles. The summed E-state index contributed by atoms with van der Waals surface area (Å²) in [6.45, 7) is 10.4. The van der Waals surface area contributed by atoms with Gasteiger partial charge in [-0.2, -0.15) is 0 Å². The van der Waals surface area contributed by atoms with Crippen LogP contribution >= 0.6 is 0 Å². The smallest absolute Gasteiger partial charge is 0.338 e. The Kier molecular flexibility index (Phi) is 4.21. The standard InChI is InChI=1S/C22H23FO4/c1-12-16-10-17-13(2)18(26-21(25)14-4-6-15(23)7-5-14)8-9-22(17,3)11-19(16)27-20(12)24/h4-7,16-19H,1-2,8-11H2,3H3/t16-,17+,18-,19-,22-/m1/s1. The number of hydrogen-bond donors (Lipinski definition) is 0. The number of carbonyl (C=O) groups excluding carboxylic acids is 2. The molecule has 3 aliphatic rings. The van der Waals surface area contributed by atoms with E-state index >= 15 is 0 Å². The second-order valence-electron chi connectivity index (χ2n) is 8.24. The van der Waals surface area contributed by atoms with Crippen LogP contribution in [0, 0.1) is 23.1 Å². The van der Waals surface area contributed by atoms with Crippen LogP contribution in [0.5, 0.6) is 0 Å². The summed E-state index contributed by atoms with van der Waals surface area (Å²) < 4.78 is 24.3. The highest BCUT2D eigenvalue weighted by molar-refractivity contribution is 5.91. The van der Waals surface area contributed by atoms with Gasteiger partial charge in [0, 0.05) is 11.5 Å². The molecule has 3 fully saturated rings. The highest BCUT2D eigenvalue weighted by atomic mass is 19.1. The van der Waals surface area contributed by atoms with E-state index in [-0.39, 0.29) is 35.4 Å². The van der Waals surface area contributed by atoms with Crippen LogP contribution in [0.3, 0.4) is 0 Å². The second kappa shape index (κ2) is 6.32. The van der Waals surface area contributed by atoms with Crippen molar-refractivity contribution in [2.24, 2.45) is 17.3 Å². The molecule has 1 saturated heterocycles. The summed E-state index contributed by atoms with van der Waals surface area (Å²) in [6, 6.07) is 5.33. The Morgan fingerprint density at radius 1 is 1.30 bits per heavy atom. The number of rotatable bonds is 2. The van der Waals surface area contributed by atoms with Crippen LogP contribution in [-0.2, 0) is 14.3 Å². The molecule has 0 aromatic heterocycles. The first-order chi connectivity index (χ1) is 12.8. The molecule has 4 nitrogen and oxygen atoms in total. The molecule has 0 amide bonds. The SMILES string of the molecule is C=C1C(=O)O[C@@H]2C[C@@]3(C)CC[C@@H](OC(=O)c4ccc(F)cc4)C(=C)[C@@H]3C[C@H]12. The molecular weight excluding hydrogens is 347 g/mol. The van der Waals surface area contributed by atoms with Crippen molar-refractivity contribution in [1.82, 2.24) is 0 Å². The third-order valence-corrected chi connectivity index (χ3v) is 6.58. The van der Waals surface area contributed by atoms with Crippen molar-refractivity contribution in [3.8, 4) is 0 Å². The fraction of sp³-hybridized carbons (Fsp3) is 0.455. The largest absolute Gasteiger partial charge is 0.458 e. The summed E-state index contributed by atoms with van der Waals surface area (Å²) in [4.78, 5) is 24.3. The molecule has 2 saturated carbocycles. The topological polar surface area (TPSA) is 52.6 Å². The van der Waals surface area contributed by atoms with Gasteiger partial charge in [0.15, 0.2) is 0 Å². The molecule has 1 aromatic rings. The molecule has 0 N–H and O–H groups in total. The van der Waals surface area contributed by atoms with E-state index in [9.17, 15) is 14.0 Å². The maximum absolute atomic E-state index is 13.1. The number of halogens is 1. The van der Waals surface area contributed by atoms with E-state index in [2.05, 4.69) is 20.1 Å². The van der Waals surface area contributed by atoms with Crippen LogP contribution in [0.15, 0.2) is 48.6 Å². The maximum Gasteiger partial charge on any atom is 0.338 e. The fourth-order valence-electron chi connectivity index (χ4n) is 4.95. The van der Waals surface area contributed by atoms with Crippen LogP contribution in [0.1, 0.15) is 43.0 Å². The molecule has 5 heteroatoms. The molecule has 5 atom stereocenters. The summed E-state index contributed by atoms with van der Waals surface area (Å²) in [6.07, 6.45) is 2.61. The van der Waals surface area contributed by atoms with E-state index in [4.69, 9.17) is 9.47 Å². The predicted molar refractivity (Wildman–Crippen MR) is 97.3 cm³/mol. The molecule has 1 aliphatic heterocycles. The number of hydrogen-bond acceptors (Lipinski definition) is 4. The third-order valence-electron chi connectivity index (χ3n) is 6.58. The summed E-state index contributed by atoms with van der Waals surface area (Å²) in [7, 11) is 0. The van der Waals surface area contributed by atoms with Crippen molar-refractivity contribution in [2.75, 3.05) is 0 Å². The van der Waals surface area contributed by atoms with Gasteiger partial charge in [-0.05, 0) is 66.9 Å². The highest BCUT2D eigenvalue weighted by Gasteiger charge is 2.54. The monoisotopic (exact) mass is 370 g/mol. The number of benzene rings is 1. The van der Waals surface area contributed by atoms with Crippen molar-refractivity contribution < 1.29 is 23.5 Å². The molecule has 1 aromatic carbocycles. The molecule has 0 spiro atoms. The van der Waals surface area contributed by atoms with Crippen molar-refractivity contribution in [3.63, 3.8) is 0 Å². The lowest BCUT2D eigenvalue weighted by Crippen LogP contribution is -2.47. The molecule has 0 bridgehead atoms. The number of ether oxygens (including phenoxy) is 2. The zero-order chi connectivity index (χ0) is 19.3. The number of esters is 2. The zero-order valence-electron chi connectivity index (χ0n) is 15.4. The Hall–Kier alpha value is -2.43. The van der Waals surface area contributed by atoms with Crippen molar-refractivity contribution >= 4 is 11.9 Å². The summed E-state index contributed by atoms with van der Waals surface area (Å²) in [5, 5.41) is 0. The van der Waals surface area contributed by atoms with Crippen molar-refractivity contribution in [1.29, 1.82) is 0 Å². The van der Waals surface area contributed by atoms with Crippen molar-refractivity contribution in [3.05, 3.63) is 60.0 Å². The minimum Gasteiger partial charge on any atom is -0.458 e. The van der Waals surface area contributed by atoms with E-state index in [1.807, 2.05) is 0 Å². The Labute approximate surface area is 158 Å². The van der Waals surface area contributed by atoms with Gasteiger partial charge in [-0.15, -0.1) is 0 Å². The Balaban J connectivity index is 1.50. The summed E-state index contributed by atoms with van der Waals surface area (Å²) in [5.74, 6) is -1.00. The third kappa shape index (κ3) is 2.99. The van der Waals surface area contributed by atoms with Crippen LogP contribution in [0.2, 0.25) is 0 Å². The van der Waals surface area contributed by atoms with Crippen LogP contribution in [-0.4, -0.2) is 24.1 Å². The van der Waals surface area contributed by atoms with E-state index in [0.29, 0.717) is 17.6 Å². The second-order valence-corrected chi connectivity index (χ2v) is 8.24. The van der Waals surface area contributed by atoms with Gasteiger partial charge in [-0.1, -0.05) is 20.1 Å². The summed E-state index contributed by atoms with van der Waals surface area (Å²) >= 11 is 0. The van der Waals surface area contributed by atoms with Crippen LogP contribution < -0.4 is 0 Å². The first-order valence-electron chi connectivity index (χ1n) is 9.33. The van der Waals surface area contributed by atoms with E-state index in [0.717, 1.165) is 24.8 Å². The minimum absolute atomic E-state index is 0.0128. The Bertz CT molecular complexity index is 827. The zero-order valence-corrected chi connectivity index (χ0v) is 15.4. The lowest BCUT2D eigenvalue weighted by Gasteiger charge is -2.51. The lowest BCUT2D eigenvalue weighted by molar-refractivity contribution is -0.142. The quantitative estimate of drug-likeness (QED) is 0.444. The van der Waals surface area contributed by atoms with E-state index < -0.39 is 11.8 Å². The summed E-state index contributed by atoms with van der Waals surface area (Å²) in [5.41, 5.74) is 1.73. The molecule has 0 unspecified atom stereocenters. The molecule has 4 rings (SSSR count). The Morgan fingerprint density at radius 3 is 2.70 bits per heavy atom. The highest BCUT2D eigenvalue weighted by Crippen LogP contribution is 2.57. The number of fused-ring (bicyclic) bond motifs is 2. The van der Waals surface area contributed by atoms with Crippen LogP contribution in [0.4, 0.5) is 4.39 Å². The van der Waals surface area contributed by atoms with Gasteiger partial charge in [-0.25, -0.2) is 14.0 Å². The Morgan fingerprint density at radius 2 is 2.00 bits per heavy atom. The van der Waals surface area contributed by atoms with Gasteiger partial charge in [0.1, 0.15) is 18.0 Å². The van der Waals surface area contributed by atoms with E-state index in [1.165, 1.54) is 24.3 Å². The average Bonchev–Trinajstić information content (AvgIpc) is 2.90. The number of carbonyl (C=O) groups is 2. The first-order valence-corrected chi connectivity index (χ1v) is 9.33. The molecule has 1 heterocycles. The van der Waals surface area contributed by atoms with Gasteiger partial charge in [0.05, 0.1) is 5.56 Å². The predicted octanol–water partition coefficient (Wildman–Crippen LogP) is 4.22. The normalized spacial score (nSPS) is 35.3. The minimum atomic E-state index is -0.470. The molecule has 142 valence electrons. The van der Waals surface area contributed by atoms with Crippen molar-refractivity contribution in [2.45, 2.75) is 44.8 Å². The molecule has 27 heavy (non-hydrogen) atoms. The lowest BCUT2D eigenvalue weighted by atomic mass is 9.55. The van der Waals surface area contributed by atoms with Gasteiger partial charge in [0.2, 0.25) is 0 Å². The molecular formula is C22H23FO4. The van der Waals surface area contributed by atoms with Gasteiger partial charge in [-0.3, -0.25) is 0 Å². The van der Waals surface area contributed by atoms with Crippen LogP contribution in [0.25, 0.3) is 0 Å². The average molecular weight is 370 g/mol. The van der Waals surface area contributed by atoms with Gasteiger partial charge in [0.25, 0.3) is 0 Å².